The van der Waals surface area contributed by atoms with Crippen molar-refractivity contribution in [3.05, 3.63) is 57.5 Å². The molecule has 1 saturated carbocycles. The van der Waals surface area contributed by atoms with Gasteiger partial charge >= 0.3 is 0 Å². The predicted molar refractivity (Wildman–Crippen MR) is 128 cm³/mol. The van der Waals surface area contributed by atoms with E-state index in [-0.39, 0.29) is 31.0 Å². The van der Waals surface area contributed by atoms with Crippen LogP contribution in [0.2, 0.25) is 5.02 Å². The Hall–Kier alpha value is -2.25. The maximum Gasteiger partial charge on any atom is 0.261 e. The van der Waals surface area contributed by atoms with Crippen molar-refractivity contribution in [2.75, 3.05) is 13.7 Å². The van der Waals surface area contributed by atoms with Crippen LogP contribution >= 0.6 is 27.5 Å². The molecule has 2 amide bonds. The van der Waals surface area contributed by atoms with E-state index in [9.17, 15) is 9.59 Å². The van der Waals surface area contributed by atoms with Crippen molar-refractivity contribution in [1.29, 1.82) is 0 Å². The number of rotatable bonds is 9. The molecule has 0 radical (unpaired) electrons. The van der Waals surface area contributed by atoms with Gasteiger partial charge in [-0.25, -0.2) is 0 Å². The van der Waals surface area contributed by atoms with Crippen LogP contribution in [0.3, 0.4) is 0 Å². The first kappa shape index (κ1) is 24.4. The van der Waals surface area contributed by atoms with E-state index in [2.05, 4.69) is 21.2 Å². The molecule has 6 nitrogen and oxygen atoms in total. The summed E-state index contributed by atoms with van der Waals surface area (Å²) in [6.07, 6.45) is 4.21. The second-order valence-corrected chi connectivity index (χ2v) is 9.19. The summed E-state index contributed by atoms with van der Waals surface area (Å²) in [6, 6.07) is 12.1. The Labute approximate surface area is 202 Å². The molecule has 0 unspecified atom stereocenters. The number of halogens is 2. The van der Waals surface area contributed by atoms with Gasteiger partial charge in [-0.1, -0.05) is 36.6 Å². The number of nitrogens with one attached hydrogen (secondary N) is 1. The van der Waals surface area contributed by atoms with E-state index >= 15 is 0 Å². The molecular formula is C24H28BrClN2O4. The van der Waals surface area contributed by atoms with E-state index in [1.54, 1.807) is 37.1 Å². The lowest BCUT2D eigenvalue weighted by Crippen LogP contribution is -2.50. The highest BCUT2D eigenvalue weighted by atomic mass is 79.9. The van der Waals surface area contributed by atoms with Crippen LogP contribution in [0, 0.1) is 0 Å². The third kappa shape index (κ3) is 6.62. The Kier molecular flexibility index (Phi) is 8.82. The zero-order valence-electron chi connectivity index (χ0n) is 18.3. The van der Waals surface area contributed by atoms with Gasteiger partial charge in [-0.3, -0.25) is 9.59 Å². The Bertz CT molecular complexity index is 932. The molecule has 0 spiro atoms. The van der Waals surface area contributed by atoms with Gasteiger partial charge in [0.05, 0.1) is 11.6 Å². The normalized spacial score (nSPS) is 14.6. The monoisotopic (exact) mass is 522 g/mol. The van der Waals surface area contributed by atoms with Crippen LogP contribution in [0.4, 0.5) is 0 Å². The lowest BCUT2D eigenvalue weighted by atomic mass is 10.1. The molecule has 8 heteroatoms. The maximum absolute atomic E-state index is 13.2. The van der Waals surface area contributed by atoms with E-state index in [1.165, 1.54) is 0 Å². The largest absolute Gasteiger partial charge is 0.497 e. The Morgan fingerprint density at radius 1 is 1.19 bits per heavy atom. The number of nitrogens with zero attached hydrogens (tertiary/aromatic N) is 1. The number of hydrogen-bond donors (Lipinski definition) is 1. The van der Waals surface area contributed by atoms with E-state index < -0.39 is 6.04 Å². The van der Waals surface area contributed by atoms with Crippen molar-refractivity contribution >= 4 is 39.3 Å². The van der Waals surface area contributed by atoms with Gasteiger partial charge in [0, 0.05) is 17.6 Å². The van der Waals surface area contributed by atoms with E-state index in [0.717, 1.165) is 37.0 Å². The fourth-order valence-electron chi connectivity index (χ4n) is 3.72. The van der Waals surface area contributed by atoms with Crippen LogP contribution in [0.1, 0.15) is 38.2 Å². The minimum atomic E-state index is -0.637. The molecule has 1 atom stereocenters. The van der Waals surface area contributed by atoms with Crippen molar-refractivity contribution < 1.29 is 19.1 Å². The fraction of sp³-hybridized carbons (Fsp3) is 0.417. The van der Waals surface area contributed by atoms with Crippen LogP contribution in [0.5, 0.6) is 11.5 Å². The topological polar surface area (TPSA) is 67.9 Å². The molecule has 0 heterocycles. The van der Waals surface area contributed by atoms with Gasteiger partial charge in [-0.2, -0.15) is 0 Å². The minimum absolute atomic E-state index is 0.147. The van der Waals surface area contributed by atoms with Crippen LogP contribution in [-0.4, -0.2) is 42.5 Å². The molecule has 0 saturated heterocycles. The van der Waals surface area contributed by atoms with Crippen molar-refractivity contribution in [2.45, 2.75) is 51.2 Å². The first-order chi connectivity index (χ1) is 15.4. The van der Waals surface area contributed by atoms with Gasteiger partial charge in [-0.15, -0.1) is 0 Å². The number of ether oxygens (including phenoxy) is 2. The lowest BCUT2D eigenvalue weighted by Gasteiger charge is -2.29. The highest BCUT2D eigenvalue weighted by Crippen LogP contribution is 2.28. The minimum Gasteiger partial charge on any atom is -0.497 e. The average molecular weight is 524 g/mol. The van der Waals surface area contributed by atoms with E-state index in [1.807, 2.05) is 24.3 Å². The highest BCUT2D eigenvalue weighted by Gasteiger charge is 2.28. The molecule has 2 aromatic carbocycles. The molecule has 1 fully saturated rings. The van der Waals surface area contributed by atoms with Crippen molar-refractivity contribution in [1.82, 2.24) is 10.2 Å². The molecular weight excluding hydrogens is 496 g/mol. The van der Waals surface area contributed by atoms with E-state index in [4.69, 9.17) is 21.1 Å². The van der Waals surface area contributed by atoms with E-state index in [0.29, 0.717) is 15.2 Å². The summed E-state index contributed by atoms with van der Waals surface area (Å²) in [5.41, 5.74) is 0.896. The molecule has 32 heavy (non-hydrogen) atoms. The van der Waals surface area contributed by atoms with Gasteiger partial charge < -0.3 is 19.7 Å². The predicted octanol–water partition coefficient (Wildman–Crippen LogP) is 4.97. The van der Waals surface area contributed by atoms with Gasteiger partial charge in [0.15, 0.2) is 6.61 Å². The number of hydrogen-bond acceptors (Lipinski definition) is 4. The second-order valence-electron chi connectivity index (χ2n) is 7.90. The maximum atomic E-state index is 13.2. The van der Waals surface area contributed by atoms with Crippen LogP contribution in [-0.2, 0) is 16.1 Å². The second kappa shape index (κ2) is 11.6. The van der Waals surface area contributed by atoms with Crippen molar-refractivity contribution in [3.63, 3.8) is 0 Å². The molecule has 1 aliphatic carbocycles. The molecule has 3 rings (SSSR count). The SMILES string of the molecule is COc1ccc(CN(C(=O)COc2ccc(Cl)cc2Br)[C@H](C)C(=O)NC2CCCC2)cc1. The van der Waals surface area contributed by atoms with Gasteiger partial charge in [0.2, 0.25) is 5.91 Å². The summed E-state index contributed by atoms with van der Waals surface area (Å²) >= 11 is 9.37. The molecule has 0 bridgehead atoms. The Morgan fingerprint density at radius 3 is 2.50 bits per heavy atom. The number of methoxy groups -OCH3 is 1. The van der Waals surface area contributed by atoms with Gasteiger partial charge in [0.1, 0.15) is 17.5 Å². The summed E-state index contributed by atoms with van der Waals surface area (Å²) in [4.78, 5) is 27.6. The molecule has 172 valence electrons. The molecule has 2 aromatic rings. The highest BCUT2D eigenvalue weighted by molar-refractivity contribution is 9.10. The van der Waals surface area contributed by atoms with Crippen LogP contribution in [0.15, 0.2) is 46.9 Å². The standard InChI is InChI=1S/C24H28BrClN2O4/c1-16(24(30)27-19-5-3-4-6-19)28(14-17-7-10-20(31-2)11-8-17)23(29)15-32-22-12-9-18(26)13-21(22)25/h7-13,16,19H,3-6,14-15H2,1-2H3,(H,27,30)/t16-/m1/s1. The zero-order chi connectivity index (χ0) is 23.1. The Morgan fingerprint density at radius 2 is 1.88 bits per heavy atom. The summed E-state index contributed by atoms with van der Waals surface area (Å²) in [7, 11) is 1.60. The molecule has 0 aromatic heterocycles. The van der Waals surface area contributed by atoms with Crippen LogP contribution < -0.4 is 14.8 Å². The lowest BCUT2D eigenvalue weighted by molar-refractivity contribution is -0.142. The molecule has 0 aliphatic heterocycles. The van der Waals surface area contributed by atoms with Crippen molar-refractivity contribution in [3.8, 4) is 11.5 Å². The third-order valence-corrected chi connectivity index (χ3v) is 6.48. The van der Waals surface area contributed by atoms with Crippen LogP contribution in [0.25, 0.3) is 0 Å². The van der Waals surface area contributed by atoms with Crippen molar-refractivity contribution in [2.24, 2.45) is 0 Å². The quantitative estimate of drug-likeness (QED) is 0.504. The first-order valence-corrected chi connectivity index (χ1v) is 11.8. The number of amides is 2. The zero-order valence-corrected chi connectivity index (χ0v) is 20.6. The summed E-state index contributed by atoms with van der Waals surface area (Å²) in [5, 5.41) is 3.66. The number of carbonyl (C=O) groups excluding carboxylic acids is 2. The molecule has 1 N–H and O–H groups in total. The van der Waals surface area contributed by atoms with Gasteiger partial charge in [0.25, 0.3) is 5.91 Å². The smallest absolute Gasteiger partial charge is 0.261 e. The third-order valence-electron chi connectivity index (χ3n) is 5.63. The summed E-state index contributed by atoms with van der Waals surface area (Å²) < 4.78 is 11.6. The number of benzene rings is 2. The number of carbonyl (C=O) groups is 2. The molecule has 1 aliphatic rings. The summed E-state index contributed by atoms with van der Waals surface area (Å²) in [5.74, 6) is 0.813. The Balaban J connectivity index is 1.72. The fourth-order valence-corrected chi connectivity index (χ4v) is 4.51. The van der Waals surface area contributed by atoms with Gasteiger partial charge in [-0.05, 0) is 71.6 Å². The summed E-state index contributed by atoms with van der Waals surface area (Å²) in [6.45, 7) is 1.84. The average Bonchev–Trinajstić information content (AvgIpc) is 3.29. The first-order valence-electron chi connectivity index (χ1n) is 10.7.